The van der Waals surface area contributed by atoms with E-state index in [4.69, 9.17) is 11.6 Å². The second kappa shape index (κ2) is 6.44. The van der Waals surface area contributed by atoms with E-state index < -0.39 is 0 Å². The molecule has 0 aliphatic heterocycles. The van der Waals surface area contributed by atoms with E-state index in [9.17, 15) is 0 Å². The minimum atomic E-state index is 0.626. The molecule has 1 aliphatic rings. The van der Waals surface area contributed by atoms with Crippen LogP contribution in [0.15, 0.2) is 12.2 Å². The maximum absolute atomic E-state index is 5.52. The molecule has 1 N–H and O–H groups in total. The monoisotopic (exact) mass is 201 g/mol. The van der Waals surface area contributed by atoms with Crippen LogP contribution in [-0.4, -0.2) is 19.0 Å². The van der Waals surface area contributed by atoms with Crippen molar-refractivity contribution in [1.82, 2.24) is 5.32 Å². The van der Waals surface area contributed by atoms with Crippen LogP contribution in [0.4, 0.5) is 0 Å². The molecule has 2 atom stereocenters. The van der Waals surface area contributed by atoms with E-state index >= 15 is 0 Å². The van der Waals surface area contributed by atoms with Crippen molar-refractivity contribution in [3.05, 3.63) is 12.2 Å². The lowest BCUT2D eigenvalue weighted by atomic mass is 9.98. The van der Waals surface area contributed by atoms with Gasteiger partial charge in [-0.25, -0.2) is 0 Å². The fourth-order valence-electron chi connectivity index (χ4n) is 2.02. The lowest BCUT2D eigenvalue weighted by Crippen LogP contribution is -2.24. The number of nitrogens with one attached hydrogen (secondary N) is 1. The lowest BCUT2D eigenvalue weighted by Gasteiger charge is -2.14. The highest BCUT2D eigenvalue weighted by Gasteiger charge is 2.22. The molecule has 13 heavy (non-hydrogen) atoms. The highest BCUT2D eigenvalue weighted by atomic mass is 35.5. The zero-order valence-electron chi connectivity index (χ0n) is 8.43. The number of rotatable bonds is 5. The molecule has 1 fully saturated rings. The summed E-state index contributed by atoms with van der Waals surface area (Å²) in [5, 5.41) is 3.45. The molecule has 2 heteroatoms. The maximum atomic E-state index is 5.52. The van der Waals surface area contributed by atoms with Crippen molar-refractivity contribution >= 4 is 11.6 Å². The van der Waals surface area contributed by atoms with Crippen LogP contribution in [0, 0.1) is 11.8 Å². The normalized spacial score (nSPS) is 28.8. The first-order chi connectivity index (χ1) is 6.34. The van der Waals surface area contributed by atoms with E-state index in [1.807, 2.05) is 6.08 Å². The molecule has 0 aromatic rings. The third kappa shape index (κ3) is 4.15. The van der Waals surface area contributed by atoms with Crippen molar-refractivity contribution in [1.29, 1.82) is 0 Å². The van der Waals surface area contributed by atoms with E-state index in [-0.39, 0.29) is 0 Å². The van der Waals surface area contributed by atoms with Gasteiger partial charge in [-0.05, 0) is 24.8 Å². The Morgan fingerprint density at radius 3 is 2.85 bits per heavy atom. The van der Waals surface area contributed by atoms with E-state index in [2.05, 4.69) is 18.3 Å². The molecule has 2 unspecified atom stereocenters. The van der Waals surface area contributed by atoms with E-state index in [1.54, 1.807) is 0 Å². The van der Waals surface area contributed by atoms with E-state index in [0.29, 0.717) is 5.88 Å². The first-order valence-corrected chi connectivity index (χ1v) is 5.79. The highest BCUT2D eigenvalue weighted by molar-refractivity contribution is 6.18. The van der Waals surface area contributed by atoms with Gasteiger partial charge in [0.2, 0.25) is 0 Å². The Balaban J connectivity index is 2.02. The van der Waals surface area contributed by atoms with Crippen molar-refractivity contribution in [2.24, 2.45) is 11.8 Å². The average Bonchev–Trinajstić information content (AvgIpc) is 2.52. The standard InChI is InChI=1S/C11H20ClN/c1-10-5-4-6-11(10)9-13-8-3-2-7-12/h2-3,10-11,13H,4-9H2,1H3/b3-2+. The number of hydrogen-bond donors (Lipinski definition) is 1. The van der Waals surface area contributed by atoms with Gasteiger partial charge < -0.3 is 5.32 Å². The highest BCUT2D eigenvalue weighted by Crippen LogP contribution is 2.30. The molecular weight excluding hydrogens is 182 g/mol. The van der Waals surface area contributed by atoms with Gasteiger partial charge >= 0.3 is 0 Å². The van der Waals surface area contributed by atoms with Gasteiger partial charge in [0.15, 0.2) is 0 Å². The average molecular weight is 202 g/mol. The number of alkyl halides is 1. The minimum absolute atomic E-state index is 0.626. The Morgan fingerprint density at radius 1 is 1.38 bits per heavy atom. The van der Waals surface area contributed by atoms with Crippen molar-refractivity contribution < 1.29 is 0 Å². The molecule has 0 spiro atoms. The third-order valence-electron chi connectivity index (χ3n) is 2.96. The van der Waals surface area contributed by atoms with Crippen LogP contribution in [0.3, 0.4) is 0 Å². The van der Waals surface area contributed by atoms with Gasteiger partial charge in [0.05, 0.1) is 0 Å². The molecule has 0 heterocycles. The maximum Gasteiger partial charge on any atom is 0.0404 e. The van der Waals surface area contributed by atoms with Gasteiger partial charge in [-0.15, -0.1) is 11.6 Å². The summed E-state index contributed by atoms with van der Waals surface area (Å²) in [7, 11) is 0. The van der Waals surface area contributed by atoms with E-state index in [1.165, 1.54) is 25.8 Å². The molecule has 0 saturated heterocycles. The molecule has 76 valence electrons. The Labute approximate surface area is 86.5 Å². The fraction of sp³-hybridized carbons (Fsp3) is 0.818. The molecule has 0 aromatic heterocycles. The third-order valence-corrected chi connectivity index (χ3v) is 3.14. The van der Waals surface area contributed by atoms with Gasteiger partial charge in [0.1, 0.15) is 0 Å². The molecule has 1 aliphatic carbocycles. The fourth-order valence-corrected chi connectivity index (χ4v) is 2.15. The largest absolute Gasteiger partial charge is 0.313 e. The molecule has 0 aromatic carbocycles. The number of halogens is 1. The van der Waals surface area contributed by atoms with Crippen LogP contribution in [-0.2, 0) is 0 Å². The zero-order chi connectivity index (χ0) is 9.52. The second-order valence-corrected chi connectivity index (χ2v) is 4.26. The smallest absolute Gasteiger partial charge is 0.0404 e. The molecular formula is C11H20ClN. The Bertz CT molecular complexity index is 156. The summed E-state index contributed by atoms with van der Waals surface area (Å²) in [5.41, 5.74) is 0. The van der Waals surface area contributed by atoms with Crippen molar-refractivity contribution in [3.8, 4) is 0 Å². The SMILES string of the molecule is CC1CCCC1CNC/C=C/CCl. The van der Waals surface area contributed by atoms with Crippen molar-refractivity contribution in [2.45, 2.75) is 26.2 Å². The van der Waals surface area contributed by atoms with E-state index in [0.717, 1.165) is 18.4 Å². The van der Waals surface area contributed by atoms with Crippen molar-refractivity contribution in [3.63, 3.8) is 0 Å². The van der Waals surface area contributed by atoms with Crippen LogP contribution >= 0.6 is 11.6 Å². The summed E-state index contributed by atoms with van der Waals surface area (Å²) < 4.78 is 0. The Kier molecular flexibility index (Phi) is 5.49. The zero-order valence-corrected chi connectivity index (χ0v) is 9.19. The predicted molar refractivity (Wildman–Crippen MR) is 59.2 cm³/mol. The Morgan fingerprint density at radius 2 is 2.23 bits per heavy atom. The number of allylic oxidation sites excluding steroid dienone is 1. The van der Waals surface area contributed by atoms with Gasteiger partial charge in [0.25, 0.3) is 0 Å². The minimum Gasteiger partial charge on any atom is -0.313 e. The summed E-state index contributed by atoms with van der Waals surface area (Å²) in [6.45, 7) is 4.51. The summed E-state index contributed by atoms with van der Waals surface area (Å²) >= 11 is 5.52. The van der Waals surface area contributed by atoms with Crippen LogP contribution in [0.25, 0.3) is 0 Å². The van der Waals surface area contributed by atoms with Crippen LogP contribution in [0.1, 0.15) is 26.2 Å². The summed E-state index contributed by atoms with van der Waals surface area (Å²) in [5.74, 6) is 2.45. The van der Waals surface area contributed by atoms with Crippen molar-refractivity contribution in [2.75, 3.05) is 19.0 Å². The quantitative estimate of drug-likeness (QED) is 0.410. The van der Waals surface area contributed by atoms with Crippen LogP contribution < -0.4 is 5.32 Å². The second-order valence-electron chi connectivity index (χ2n) is 3.95. The first-order valence-electron chi connectivity index (χ1n) is 5.26. The Hall–Kier alpha value is -0.0100. The molecule has 0 amide bonds. The first kappa shape index (κ1) is 11.1. The molecule has 0 radical (unpaired) electrons. The van der Waals surface area contributed by atoms with Crippen LogP contribution in [0.5, 0.6) is 0 Å². The molecule has 1 rings (SSSR count). The van der Waals surface area contributed by atoms with Crippen LogP contribution in [0.2, 0.25) is 0 Å². The summed E-state index contributed by atoms with van der Waals surface area (Å²) in [4.78, 5) is 0. The van der Waals surface area contributed by atoms with Gasteiger partial charge in [-0.3, -0.25) is 0 Å². The summed E-state index contributed by atoms with van der Waals surface area (Å²) in [6.07, 6.45) is 8.35. The van der Waals surface area contributed by atoms with Gasteiger partial charge in [0, 0.05) is 12.4 Å². The summed E-state index contributed by atoms with van der Waals surface area (Å²) in [6, 6.07) is 0. The van der Waals surface area contributed by atoms with Gasteiger partial charge in [-0.1, -0.05) is 31.9 Å². The predicted octanol–water partition coefficient (Wildman–Crippen LogP) is 2.81. The molecule has 1 nitrogen and oxygen atoms in total. The topological polar surface area (TPSA) is 12.0 Å². The molecule has 0 bridgehead atoms. The van der Waals surface area contributed by atoms with Gasteiger partial charge in [-0.2, -0.15) is 0 Å². The number of hydrogen-bond acceptors (Lipinski definition) is 1. The molecule has 1 saturated carbocycles. The lowest BCUT2D eigenvalue weighted by molar-refractivity contribution is 0.399.